The zero-order chi connectivity index (χ0) is 17.7. The second kappa shape index (κ2) is 13.1. The van der Waals surface area contributed by atoms with Gasteiger partial charge in [-0.1, -0.05) is 50.6 Å². The van der Waals surface area contributed by atoms with Crippen LogP contribution in [0.5, 0.6) is 0 Å². The first-order valence-electron chi connectivity index (χ1n) is 8.56. The quantitative estimate of drug-likeness (QED) is 0.429. The van der Waals surface area contributed by atoms with Gasteiger partial charge in [-0.25, -0.2) is 0 Å². The first-order chi connectivity index (χ1) is 10.9. The van der Waals surface area contributed by atoms with Gasteiger partial charge in [-0.3, -0.25) is 0 Å². The summed E-state index contributed by atoms with van der Waals surface area (Å²) in [5.74, 6) is 0.962. The molecule has 0 aromatic rings. The van der Waals surface area contributed by atoms with Crippen LogP contribution in [0.1, 0.15) is 53.4 Å². The van der Waals surface area contributed by atoms with Crippen molar-refractivity contribution in [2.75, 3.05) is 6.61 Å². The first kappa shape index (κ1) is 21.7. The average molecular weight is 322 g/mol. The Hall–Kier alpha value is -1.32. The Bertz CT molecular complexity index is 403. The predicted molar refractivity (Wildman–Crippen MR) is 98.1 cm³/mol. The van der Waals surface area contributed by atoms with E-state index in [1.165, 1.54) is 12.0 Å². The maximum absolute atomic E-state index is 9.59. The molecule has 23 heavy (non-hydrogen) atoms. The van der Waals surface area contributed by atoms with E-state index in [-0.39, 0.29) is 0 Å². The molecule has 3 atom stereocenters. The third-order valence-electron chi connectivity index (χ3n) is 3.36. The third kappa shape index (κ3) is 11.8. The Morgan fingerprint density at radius 3 is 2.35 bits per heavy atom. The van der Waals surface area contributed by atoms with E-state index >= 15 is 0 Å². The molecule has 0 spiro atoms. The van der Waals surface area contributed by atoms with Crippen molar-refractivity contribution in [2.45, 2.75) is 65.6 Å². The second-order valence-corrected chi connectivity index (χ2v) is 6.22. The van der Waals surface area contributed by atoms with Crippen molar-refractivity contribution in [3.05, 3.63) is 48.3 Å². The third-order valence-corrected chi connectivity index (χ3v) is 3.36. The van der Waals surface area contributed by atoms with Crippen molar-refractivity contribution in [1.29, 1.82) is 0 Å². The number of aliphatic hydroxyl groups is 2. The highest BCUT2D eigenvalue weighted by Gasteiger charge is 2.25. The molecule has 1 aliphatic rings. The molecule has 1 aliphatic carbocycles. The topological polar surface area (TPSA) is 49.7 Å². The number of aliphatic hydroxyl groups excluding tert-OH is 2. The van der Waals surface area contributed by atoms with Crippen LogP contribution >= 0.6 is 0 Å². The van der Waals surface area contributed by atoms with Gasteiger partial charge in [0.15, 0.2) is 0 Å². The van der Waals surface area contributed by atoms with Crippen LogP contribution in [0.15, 0.2) is 48.3 Å². The van der Waals surface area contributed by atoms with Crippen LogP contribution in [0, 0.1) is 5.92 Å². The second-order valence-electron chi connectivity index (χ2n) is 6.22. The Morgan fingerprint density at radius 1 is 1.13 bits per heavy atom. The first-order valence-corrected chi connectivity index (χ1v) is 8.56. The molecule has 0 heterocycles. The highest BCUT2D eigenvalue weighted by molar-refractivity contribution is 5.15. The summed E-state index contributed by atoms with van der Waals surface area (Å²) >= 11 is 0. The molecule has 1 saturated carbocycles. The molecular weight excluding hydrogens is 288 g/mol. The zero-order valence-electron chi connectivity index (χ0n) is 15.2. The van der Waals surface area contributed by atoms with E-state index in [1.54, 1.807) is 0 Å². The van der Waals surface area contributed by atoms with Crippen molar-refractivity contribution < 1.29 is 14.9 Å². The summed E-state index contributed by atoms with van der Waals surface area (Å²) in [6.07, 6.45) is 12.0. The van der Waals surface area contributed by atoms with Crippen LogP contribution in [0.4, 0.5) is 0 Å². The van der Waals surface area contributed by atoms with Crippen molar-refractivity contribution in [1.82, 2.24) is 0 Å². The van der Waals surface area contributed by atoms with E-state index in [9.17, 15) is 10.2 Å². The summed E-state index contributed by atoms with van der Waals surface area (Å²) in [5.41, 5.74) is 1.22. The van der Waals surface area contributed by atoms with E-state index in [0.29, 0.717) is 31.1 Å². The van der Waals surface area contributed by atoms with Gasteiger partial charge in [0, 0.05) is 0 Å². The van der Waals surface area contributed by atoms with E-state index in [2.05, 4.69) is 26.5 Å². The molecule has 0 aromatic heterocycles. The normalized spacial score (nSPS) is 24.2. The van der Waals surface area contributed by atoms with Crippen molar-refractivity contribution in [3.8, 4) is 0 Å². The standard InChI is InChI=1S/C17H26O3.C3H8/c1-13(2)10-11-20-14(3)6-4-5-7-15-8-9-16(18)17(19)12-15;1-3-2/h4-7,10,15-19H,3,8-9,11-12H2,1-2H3;3H2,1-2H3/b6-4+,7-5+;. The number of hydrogen-bond donors (Lipinski definition) is 2. The Kier molecular flexibility index (Phi) is 12.4. The van der Waals surface area contributed by atoms with Crippen molar-refractivity contribution in [3.63, 3.8) is 0 Å². The van der Waals surface area contributed by atoms with E-state index in [1.807, 2.05) is 38.2 Å². The summed E-state index contributed by atoms with van der Waals surface area (Å²) < 4.78 is 5.41. The SMILES string of the molecule is C=C(/C=C/C=C/C1CCC(O)C(O)C1)OCC=C(C)C.CCC. The van der Waals surface area contributed by atoms with Gasteiger partial charge in [0.25, 0.3) is 0 Å². The van der Waals surface area contributed by atoms with Gasteiger partial charge in [0.2, 0.25) is 0 Å². The highest BCUT2D eigenvalue weighted by Crippen LogP contribution is 2.25. The van der Waals surface area contributed by atoms with Gasteiger partial charge < -0.3 is 14.9 Å². The molecule has 0 amide bonds. The fourth-order valence-electron chi connectivity index (χ4n) is 2.08. The molecule has 0 aliphatic heterocycles. The van der Waals surface area contributed by atoms with E-state index in [0.717, 1.165) is 6.42 Å². The van der Waals surface area contributed by atoms with E-state index < -0.39 is 12.2 Å². The minimum atomic E-state index is -0.593. The smallest absolute Gasteiger partial charge is 0.112 e. The van der Waals surface area contributed by atoms with Crippen LogP contribution in [-0.2, 0) is 4.74 Å². The maximum atomic E-state index is 9.59. The van der Waals surface area contributed by atoms with Crippen LogP contribution < -0.4 is 0 Å². The molecule has 1 rings (SSSR count). The van der Waals surface area contributed by atoms with Crippen LogP contribution in [0.3, 0.4) is 0 Å². The molecule has 3 heteroatoms. The fraction of sp³-hybridized carbons (Fsp3) is 0.600. The molecule has 1 fully saturated rings. The Morgan fingerprint density at radius 2 is 1.78 bits per heavy atom. The molecule has 3 nitrogen and oxygen atoms in total. The van der Waals surface area contributed by atoms with Crippen LogP contribution in [-0.4, -0.2) is 29.0 Å². The molecule has 0 bridgehead atoms. The molecule has 0 saturated heterocycles. The lowest BCUT2D eigenvalue weighted by Crippen LogP contribution is -2.32. The van der Waals surface area contributed by atoms with Gasteiger partial charge in [0.1, 0.15) is 12.4 Å². The monoisotopic (exact) mass is 322 g/mol. The predicted octanol–water partition coefficient (Wildman–Crippen LogP) is 4.53. The van der Waals surface area contributed by atoms with Gasteiger partial charge in [0.05, 0.1) is 12.2 Å². The minimum absolute atomic E-state index is 0.331. The van der Waals surface area contributed by atoms with Crippen LogP contribution in [0.25, 0.3) is 0 Å². The molecule has 3 unspecified atom stereocenters. The minimum Gasteiger partial charge on any atom is -0.490 e. The molecule has 132 valence electrons. The van der Waals surface area contributed by atoms with E-state index in [4.69, 9.17) is 4.74 Å². The fourth-order valence-corrected chi connectivity index (χ4v) is 2.08. The lowest BCUT2D eigenvalue weighted by atomic mass is 9.85. The maximum Gasteiger partial charge on any atom is 0.112 e. The molecular formula is C20H34O3. The molecule has 0 radical (unpaired) electrons. The number of rotatable bonds is 6. The number of ether oxygens (including phenoxy) is 1. The lowest BCUT2D eigenvalue weighted by molar-refractivity contribution is -0.0189. The number of allylic oxidation sites excluding steroid dienone is 5. The largest absolute Gasteiger partial charge is 0.490 e. The lowest BCUT2D eigenvalue weighted by Gasteiger charge is -2.28. The van der Waals surface area contributed by atoms with Gasteiger partial charge >= 0.3 is 0 Å². The van der Waals surface area contributed by atoms with Gasteiger partial charge in [-0.05, 0) is 51.2 Å². The summed E-state index contributed by atoms with van der Waals surface area (Å²) in [7, 11) is 0. The van der Waals surface area contributed by atoms with Crippen LogP contribution in [0.2, 0.25) is 0 Å². The summed E-state index contributed by atoms with van der Waals surface area (Å²) in [6.45, 7) is 12.7. The molecule has 2 N–H and O–H groups in total. The van der Waals surface area contributed by atoms with Crippen molar-refractivity contribution >= 4 is 0 Å². The van der Waals surface area contributed by atoms with Gasteiger partial charge in [-0.2, -0.15) is 0 Å². The molecule has 0 aromatic carbocycles. The average Bonchev–Trinajstić information content (AvgIpc) is 2.47. The highest BCUT2D eigenvalue weighted by atomic mass is 16.5. The number of hydrogen-bond acceptors (Lipinski definition) is 3. The van der Waals surface area contributed by atoms with Gasteiger partial charge in [-0.15, -0.1) is 0 Å². The summed E-state index contributed by atoms with van der Waals surface area (Å²) in [6, 6.07) is 0. The summed E-state index contributed by atoms with van der Waals surface area (Å²) in [5, 5.41) is 19.0. The Balaban J connectivity index is 0.00000149. The Labute approximate surface area is 142 Å². The van der Waals surface area contributed by atoms with Crippen molar-refractivity contribution in [2.24, 2.45) is 5.92 Å². The summed E-state index contributed by atoms with van der Waals surface area (Å²) in [4.78, 5) is 0. The zero-order valence-corrected chi connectivity index (χ0v) is 15.2.